The Morgan fingerprint density at radius 2 is 2.10 bits per heavy atom. The van der Waals surface area contributed by atoms with Crippen LogP contribution in [0.4, 0.5) is 17.4 Å². The Kier molecular flexibility index (Phi) is 3.79. The summed E-state index contributed by atoms with van der Waals surface area (Å²) in [5, 5.41) is 14.6. The largest absolute Gasteiger partial charge is 0.406 e. The molecule has 0 radical (unpaired) electrons. The molecule has 21 heavy (non-hydrogen) atoms. The number of hydrogen-bond acceptors (Lipinski definition) is 6. The number of aryl methyl sites for hydroxylation is 1. The lowest BCUT2D eigenvalue weighted by atomic mass is 10.1. The molecular formula is C15H21N5O. The standard InChI is InChI=1S/C15H21N5O/c1-10-4-5-12(8-13(10)20(2)3)17-15-19-18-14(21-15)9-16-11-6-7-11/h4-5,8,11,16H,6-7,9H2,1-3H3,(H,17,19). The second-order valence-corrected chi connectivity index (χ2v) is 5.68. The van der Waals surface area contributed by atoms with E-state index in [0.29, 0.717) is 24.5 Å². The first kappa shape index (κ1) is 13.9. The fraction of sp³-hybridized carbons (Fsp3) is 0.467. The van der Waals surface area contributed by atoms with Gasteiger partial charge in [0.25, 0.3) is 0 Å². The third-order valence-corrected chi connectivity index (χ3v) is 3.53. The van der Waals surface area contributed by atoms with Gasteiger partial charge in [-0.25, -0.2) is 0 Å². The monoisotopic (exact) mass is 287 g/mol. The molecule has 1 fully saturated rings. The number of hydrogen-bond donors (Lipinski definition) is 2. The van der Waals surface area contributed by atoms with Crippen LogP contribution in [0, 0.1) is 6.92 Å². The van der Waals surface area contributed by atoms with Gasteiger partial charge >= 0.3 is 6.01 Å². The maximum atomic E-state index is 5.59. The lowest BCUT2D eigenvalue weighted by molar-refractivity contribution is 0.478. The molecule has 2 aromatic rings. The molecule has 112 valence electrons. The molecule has 1 heterocycles. The summed E-state index contributed by atoms with van der Waals surface area (Å²) in [5.74, 6) is 0.615. The fourth-order valence-corrected chi connectivity index (χ4v) is 2.19. The first-order valence-electron chi connectivity index (χ1n) is 7.22. The van der Waals surface area contributed by atoms with Gasteiger partial charge in [-0.1, -0.05) is 11.2 Å². The maximum absolute atomic E-state index is 5.59. The summed E-state index contributed by atoms with van der Waals surface area (Å²) in [7, 11) is 4.06. The van der Waals surface area contributed by atoms with Crippen molar-refractivity contribution in [1.82, 2.24) is 15.5 Å². The van der Waals surface area contributed by atoms with E-state index in [-0.39, 0.29) is 0 Å². The minimum absolute atomic E-state index is 0.427. The molecule has 0 bridgehead atoms. The highest BCUT2D eigenvalue weighted by Gasteiger charge is 2.21. The average Bonchev–Trinajstić information content (AvgIpc) is 3.18. The topological polar surface area (TPSA) is 66.2 Å². The van der Waals surface area contributed by atoms with E-state index in [1.807, 2.05) is 20.2 Å². The molecule has 0 spiro atoms. The third-order valence-electron chi connectivity index (χ3n) is 3.53. The summed E-state index contributed by atoms with van der Waals surface area (Å²) in [6.07, 6.45) is 2.49. The molecular weight excluding hydrogens is 266 g/mol. The number of aromatic nitrogens is 2. The van der Waals surface area contributed by atoms with Gasteiger partial charge in [-0.15, -0.1) is 5.10 Å². The van der Waals surface area contributed by atoms with Crippen molar-refractivity contribution in [2.24, 2.45) is 0 Å². The van der Waals surface area contributed by atoms with Crippen molar-refractivity contribution in [2.75, 3.05) is 24.3 Å². The minimum atomic E-state index is 0.427. The Morgan fingerprint density at radius 1 is 1.29 bits per heavy atom. The van der Waals surface area contributed by atoms with Crippen LogP contribution >= 0.6 is 0 Å². The van der Waals surface area contributed by atoms with Crippen molar-refractivity contribution in [3.8, 4) is 0 Å². The highest BCUT2D eigenvalue weighted by atomic mass is 16.4. The number of nitrogens with one attached hydrogen (secondary N) is 2. The van der Waals surface area contributed by atoms with Crippen LogP contribution in [0.5, 0.6) is 0 Å². The predicted octanol–water partition coefficient (Wildman–Crippen LogP) is 2.44. The summed E-state index contributed by atoms with van der Waals surface area (Å²) >= 11 is 0. The van der Waals surface area contributed by atoms with Gasteiger partial charge in [-0.05, 0) is 37.5 Å². The van der Waals surface area contributed by atoms with Crippen LogP contribution in [0.1, 0.15) is 24.3 Å². The molecule has 0 saturated heterocycles. The van der Waals surface area contributed by atoms with E-state index in [4.69, 9.17) is 4.42 Å². The highest BCUT2D eigenvalue weighted by molar-refractivity contribution is 5.64. The van der Waals surface area contributed by atoms with E-state index >= 15 is 0 Å². The van der Waals surface area contributed by atoms with E-state index in [9.17, 15) is 0 Å². The zero-order valence-corrected chi connectivity index (χ0v) is 12.7. The molecule has 0 aliphatic heterocycles. The number of rotatable bonds is 6. The molecule has 6 nitrogen and oxygen atoms in total. The number of benzene rings is 1. The molecule has 3 rings (SSSR count). The van der Waals surface area contributed by atoms with E-state index in [2.05, 4.69) is 44.8 Å². The van der Waals surface area contributed by atoms with Gasteiger partial charge in [0.05, 0.1) is 6.54 Å². The summed E-state index contributed by atoms with van der Waals surface area (Å²) in [5.41, 5.74) is 3.33. The van der Waals surface area contributed by atoms with Crippen molar-refractivity contribution in [2.45, 2.75) is 32.4 Å². The maximum Gasteiger partial charge on any atom is 0.320 e. The Bertz CT molecular complexity index is 618. The average molecular weight is 287 g/mol. The van der Waals surface area contributed by atoms with Gasteiger partial charge in [0.15, 0.2) is 0 Å². The molecule has 2 N–H and O–H groups in total. The first-order chi connectivity index (χ1) is 10.1. The first-order valence-corrected chi connectivity index (χ1v) is 7.22. The van der Waals surface area contributed by atoms with E-state index in [1.54, 1.807) is 0 Å². The highest BCUT2D eigenvalue weighted by Crippen LogP contribution is 2.25. The van der Waals surface area contributed by atoms with E-state index < -0.39 is 0 Å². The van der Waals surface area contributed by atoms with Crippen LogP contribution in [-0.2, 0) is 6.54 Å². The third kappa shape index (κ3) is 3.52. The van der Waals surface area contributed by atoms with Gasteiger partial charge < -0.3 is 20.0 Å². The Hall–Kier alpha value is -2.08. The molecule has 0 unspecified atom stereocenters. The van der Waals surface area contributed by atoms with Crippen LogP contribution < -0.4 is 15.5 Å². The van der Waals surface area contributed by atoms with Crippen LogP contribution in [0.25, 0.3) is 0 Å². The Morgan fingerprint density at radius 3 is 2.81 bits per heavy atom. The Balaban J connectivity index is 1.66. The van der Waals surface area contributed by atoms with Gasteiger partial charge in [-0.3, -0.25) is 0 Å². The summed E-state index contributed by atoms with van der Waals surface area (Å²) in [4.78, 5) is 2.08. The summed E-state index contributed by atoms with van der Waals surface area (Å²) in [6.45, 7) is 2.73. The van der Waals surface area contributed by atoms with Gasteiger partial charge in [0.2, 0.25) is 5.89 Å². The van der Waals surface area contributed by atoms with Crippen molar-refractivity contribution in [1.29, 1.82) is 0 Å². The fourth-order valence-electron chi connectivity index (χ4n) is 2.19. The van der Waals surface area contributed by atoms with Crippen molar-refractivity contribution < 1.29 is 4.42 Å². The normalized spacial score (nSPS) is 14.2. The molecule has 1 aromatic carbocycles. The summed E-state index contributed by atoms with van der Waals surface area (Å²) < 4.78 is 5.59. The van der Waals surface area contributed by atoms with Crippen molar-refractivity contribution in [3.05, 3.63) is 29.7 Å². The second kappa shape index (κ2) is 5.73. The quantitative estimate of drug-likeness (QED) is 0.850. The van der Waals surface area contributed by atoms with Gasteiger partial charge in [-0.2, -0.15) is 0 Å². The molecule has 1 aliphatic carbocycles. The van der Waals surface area contributed by atoms with Crippen LogP contribution in [0.3, 0.4) is 0 Å². The van der Waals surface area contributed by atoms with Crippen molar-refractivity contribution in [3.63, 3.8) is 0 Å². The van der Waals surface area contributed by atoms with Crippen molar-refractivity contribution >= 4 is 17.4 Å². The van der Waals surface area contributed by atoms with Gasteiger partial charge in [0, 0.05) is 31.5 Å². The number of anilines is 3. The second-order valence-electron chi connectivity index (χ2n) is 5.68. The zero-order chi connectivity index (χ0) is 14.8. The molecule has 1 aromatic heterocycles. The lowest BCUT2D eigenvalue weighted by Crippen LogP contribution is -2.15. The van der Waals surface area contributed by atoms with E-state index in [0.717, 1.165) is 11.4 Å². The van der Waals surface area contributed by atoms with Crippen LogP contribution in [0.15, 0.2) is 22.6 Å². The SMILES string of the molecule is Cc1ccc(Nc2nnc(CNC3CC3)o2)cc1N(C)C. The molecule has 0 amide bonds. The zero-order valence-electron chi connectivity index (χ0n) is 12.7. The van der Waals surface area contributed by atoms with Crippen LogP contribution in [0.2, 0.25) is 0 Å². The predicted molar refractivity (Wildman–Crippen MR) is 82.9 cm³/mol. The smallest absolute Gasteiger partial charge is 0.320 e. The summed E-state index contributed by atoms with van der Waals surface area (Å²) in [6, 6.07) is 7.21. The van der Waals surface area contributed by atoms with Gasteiger partial charge in [0.1, 0.15) is 0 Å². The van der Waals surface area contributed by atoms with E-state index in [1.165, 1.54) is 18.4 Å². The molecule has 1 aliphatic rings. The molecule has 1 saturated carbocycles. The van der Waals surface area contributed by atoms with Crippen LogP contribution in [-0.4, -0.2) is 30.3 Å². The minimum Gasteiger partial charge on any atom is -0.406 e. The molecule has 0 atom stereocenters. The number of nitrogens with zero attached hydrogens (tertiary/aromatic N) is 3. The Labute approximate surface area is 124 Å². The lowest BCUT2D eigenvalue weighted by Gasteiger charge is -2.16. The molecule has 6 heteroatoms.